The molecular weight excluding hydrogens is 334 g/mol. The summed E-state index contributed by atoms with van der Waals surface area (Å²) in [5.74, 6) is -1.35. The Labute approximate surface area is 132 Å². The molecule has 0 radical (unpaired) electrons. The number of amides is 1. The molecular formula is C16H18BrNO3. The lowest BCUT2D eigenvalue weighted by molar-refractivity contribution is -0.147. The van der Waals surface area contributed by atoms with E-state index in [2.05, 4.69) is 21.2 Å². The largest absolute Gasteiger partial charge is 0.480 e. The van der Waals surface area contributed by atoms with Crippen molar-refractivity contribution in [1.29, 1.82) is 0 Å². The summed E-state index contributed by atoms with van der Waals surface area (Å²) in [6.07, 6.45) is 4.74. The maximum Gasteiger partial charge on any atom is 0.329 e. The number of aliphatic carboxylic acids is 1. The second-order valence-electron chi connectivity index (χ2n) is 5.63. The fourth-order valence-corrected chi connectivity index (χ4v) is 2.85. The quantitative estimate of drug-likeness (QED) is 0.800. The topological polar surface area (TPSA) is 66.4 Å². The van der Waals surface area contributed by atoms with E-state index in [9.17, 15) is 14.7 Å². The number of rotatable bonds is 5. The summed E-state index contributed by atoms with van der Waals surface area (Å²) in [6.45, 7) is 3.55. The third kappa shape index (κ3) is 3.73. The monoisotopic (exact) mass is 351 g/mol. The minimum atomic E-state index is -1.17. The van der Waals surface area contributed by atoms with Gasteiger partial charge >= 0.3 is 5.97 Å². The molecule has 2 rings (SSSR count). The van der Waals surface area contributed by atoms with Crippen LogP contribution in [-0.4, -0.2) is 22.5 Å². The molecule has 112 valence electrons. The highest BCUT2D eigenvalue weighted by Crippen LogP contribution is 2.39. The minimum absolute atomic E-state index is 0.0264. The molecule has 0 aliphatic heterocycles. The van der Waals surface area contributed by atoms with E-state index in [0.29, 0.717) is 0 Å². The van der Waals surface area contributed by atoms with E-state index in [1.54, 1.807) is 13.0 Å². The molecule has 0 bridgehead atoms. The highest BCUT2D eigenvalue weighted by atomic mass is 79.9. The third-order valence-electron chi connectivity index (χ3n) is 3.79. The van der Waals surface area contributed by atoms with Gasteiger partial charge in [-0.05, 0) is 55.9 Å². The Kier molecular flexibility index (Phi) is 4.52. The van der Waals surface area contributed by atoms with E-state index in [0.717, 1.165) is 28.4 Å². The van der Waals surface area contributed by atoms with Gasteiger partial charge in [-0.2, -0.15) is 0 Å². The Balaban J connectivity index is 2.07. The number of carbonyl (C=O) groups excluding carboxylic acids is 1. The molecule has 1 atom stereocenters. The molecule has 1 amide bonds. The van der Waals surface area contributed by atoms with Crippen LogP contribution in [0, 0.1) is 12.8 Å². The highest BCUT2D eigenvalue weighted by molar-refractivity contribution is 9.10. The van der Waals surface area contributed by atoms with Crippen molar-refractivity contribution in [2.24, 2.45) is 5.92 Å². The molecule has 1 unspecified atom stereocenters. The maximum atomic E-state index is 12.0. The van der Waals surface area contributed by atoms with Crippen molar-refractivity contribution >= 4 is 33.9 Å². The minimum Gasteiger partial charge on any atom is -0.480 e. The van der Waals surface area contributed by atoms with Crippen molar-refractivity contribution in [2.45, 2.75) is 32.2 Å². The molecule has 5 heteroatoms. The third-order valence-corrected chi connectivity index (χ3v) is 4.48. The predicted molar refractivity (Wildman–Crippen MR) is 84.8 cm³/mol. The average Bonchev–Trinajstić information content (AvgIpc) is 3.21. The van der Waals surface area contributed by atoms with Gasteiger partial charge in [0.15, 0.2) is 0 Å². The van der Waals surface area contributed by atoms with Crippen LogP contribution in [0.15, 0.2) is 28.7 Å². The summed E-state index contributed by atoms with van der Waals surface area (Å²) < 4.78 is 0.898. The van der Waals surface area contributed by atoms with Gasteiger partial charge in [-0.3, -0.25) is 4.79 Å². The molecule has 1 aromatic carbocycles. The second-order valence-corrected chi connectivity index (χ2v) is 6.48. The zero-order valence-corrected chi connectivity index (χ0v) is 13.6. The van der Waals surface area contributed by atoms with E-state index in [4.69, 9.17) is 0 Å². The lowest BCUT2D eigenvalue weighted by Gasteiger charge is -2.25. The van der Waals surface area contributed by atoms with Crippen LogP contribution in [0.5, 0.6) is 0 Å². The first-order valence-electron chi connectivity index (χ1n) is 6.82. The van der Waals surface area contributed by atoms with Crippen molar-refractivity contribution in [3.05, 3.63) is 39.9 Å². The lowest BCUT2D eigenvalue weighted by Crippen LogP contribution is -2.53. The van der Waals surface area contributed by atoms with Gasteiger partial charge < -0.3 is 10.4 Å². The van der Waals surface area contributed by atoms with Gasteiger partial charge in [0.2, 0.25) is 5.91 Å². The van der Waals surface area contributed by atoms with Crippen molar-refractivity contribution in [2.75, 3.05) is 0 Å². The number of hydrogen-bond acceptors (Lipinski definition) is 2. The van der Waals surface area contributed by atoms with Gasteiger partial charge in [-0.15, -0.1) is 0 Å². The van der Waals surface area contributed by atoms with Crippen molar-refractivity contribution in [3.8, 4) is 0 Å². The SMILES string of the molecule is Cc1ccc(C=CC(=O)NC(C)(C(=O)O)C2CC2)c(Br)c1. The number of carboxylic acid groups (broad SMARTS) is 1. The van der Waals surface area contributed by atoms with Crippen molar-refractivity contribution < 1.29 is 14.7 Å². The Morgan fingerprint density at radius 1 is 1.43 bits per heavy atom. The fraction of sp³-hybridized carbons (Fsp3) is 0.375. The molecule has 1 aliphatic carbocycles. The van der Waals surface area contributed by atoms with Crippen molar-refractivity contribution in [3.63, 3.8) is 0 Å². The standard InChI is InChI=1S/C16H18BrNO3/c1-10-3-4-11(13(17)9-10)5-8-14(19)18-16(2,15(20)21)12-6-7-12/h3-5,8-9,12H,6-7H2,1-2H3,(H,18,19)(H,20,21). The zero-order chi connectivity index (χ0) is 15.6. The van der Waals surface area contributed by atoms with Gasteiger partial charge in [0, 0.05) is 10.5 Å². The Hall–Kier alpha value is -1.62. The predicted octanol–water partition coefficient (Wildman–Crippen LogP) is 3.14. The van der Waals surface area contributed by atoms with Gasteiger partial charge in [0.1, 0.15) is 5.54 Å². The number of carboxylic acids is 1. The van der Waals surface area contributed by atoms with Crippen LogP contribution in [-0.2, 0) is 9.59 Å². The van der Waals surface area contributed by atoms with Crippen LogP contribution in [0.4, 0.5) is 0 Å². The number of carbonyl (C=O) groups is 2. The van der Waals surface area contributed by atoms with Crippen LogP contribution >= 0.6 is 15.9 Å². The van der Waals surface area contributed by atoms with Gasteiger partial charge in [0.25, 0.3) is 0 Å². The molecule has 1 saturated carbocycles. The summed E-state index contributed by atoms with van der Waals surface area (Å²) in [6, 6.07) is 5.82. The lowest BCUT2D eigenvalue weighted by atomic mass is 9.96. The Morgan fingerprint density at radius 3 is 2.62 bits per heavy atom. The smallest absolute Gasteiger partial charge is 0.329 e. The number of hydrogen-bond donors (Lipinski definition) is 2. The Morgan fingerprint density at radius 2 is 2.10 bits per heavy atom. The summed E-state index contributed by atoms with van der Waals surface area (Å²) in [4.78, 5) is 23.3. The highest BCUT2D eigenvalue weighted by Gasteiger charge is 2.48. The first kappa shape index (κ1) is 15.8. The molecule has 0 saturated heterocycles. The van der Waals surface area contributed by atoms with E-state index in [-0.39, 0.29) is 11.8 Å². The van der Waals surface area contributed by atoms with E-state index >= 15 is 0 Å². The number of aryl methyl sites for hydroxylation is 1. The molecule has 1 aliphatic rings. The van der Waals surface area contributed by atoms with Crippen LogP contribution < -0.4 is 5.32 Å². The summed E-state index contributed by atoms with van der Waals surface area (Å²) in [5.41, 5.74) is 0.821. The number of benzene rings is 1. The molecule has 0 heterocycles. The van der Waals surface area contributed by atoms with Crippen LogP contribution in [0.25, 0.3) is 6.08 Å². The van der Waals surface area contributed by atoms with E-state index in [1.165, 1.54) is 6.08 Å². The zero-order valence-electron chi connectivity index (χ0n) is 12.0. The fourth-order valence-electron chi connectivity index (χ4n) is 2.22. The van der Waals surface area contributed by atoms with Crippen LogP contribution in [0.1, 0.15) is 30.9 Å². The second kappa shape index (κ2) is 6.02. The molecule has 21 heavy (non-hydrogen) atoms. The molecule has 1 aromatic rings. The summed E-state index contributed by atoms with van der Waals surface area (Å²) in [7, 11) is 0. The maximum absolute atomic E-state index is 12.0. The first-order valence-corrected chi connectivity index (χ1v) is 7.62. The first-order chi connectivity index (χ1) is 9.83. The van der Waals surface area contributed by atoms with Crippen LogP contribution in [0.2, 0.25) is 0 Å². The van der Waals surface area contributed by atoms with Gasteiger partial charge in [0.05, 0.1) is 0 Å². The molecule has 0 aromatic heterocycles. The molecule has 0 spiro atoms. The summed E-state index contributed by atoms with van der Waals surface area (Å²) in [5, 5.41) is 11.9. The number of halogens is 1. The molecule has 4 nitrogen and oxygen atoms in total. The molecule has 2 N–H and O–H groups in total. The van der Waals surface area contributed by atoms with Gasteiger partial charge in [-0.1, -0.05) is 28.1 Å². The van der Waals surface area contributed by atoms with Crippen molar-refractivity contribution in [1.82, 2.24) is 5.32 Å². The number of nitrogens with one attached hydrogen (secondary N) is 1. The summed E-state index contributed by atoms with van der Waals surface area (Å²) >= 11 is 3.44. The normalized spacial score (nSPS) is 17.5. The van der Waals surface area contributed by atoms with Gasteiger partial charge in [-0.25, -0.2) is 4.79 Å². The van der Waals surface area contributed by atoms with Crippen LogP contribution in [0.3, 0.4) is 0 Å². The Bertz CT molecular complexity index is 608. The molecule has 1 fully saturated rings. The van der Waals surface area contributed by atoms with E-state index in [1.807, 2.05) is 25.1 Å². The van der Waals surface area contributed by atoms with E-state index < -0.39 is 11.5 Å². The average molecular weight is 352 g/mol.